The molecule has 4 heteroatoms. The molecule has 1 aromatic rings. The van der Waals surface area contributed by atoms with E-state index in [4.69, 9.17) is 10.7 Å². The zero-order valence-corrected chi connectivity index (χ0v) is 14.3. The fraction of sp³-hybridized carbons (Fsp3) is 0.733. The first kappa shape index (κ1) is 15.0. The molecule has 1 aliphatic carbocycles. The molecule has 1 heterocycles. The molecular formula is C15H24IN3. The van der Waals surface area contributed by atoms with Crippen LogP contribution < -0.4 is 5.73 Å². The van der Waals surface area contributed by atoms with Gasteiger partial charge in [0.05, 0.1) is 9.26 Å². The third-order valence-corrected chi connectivity index (χ3v) is 5.04. The fourth-order valence-electron chi connectivity index (χ4n) is 2.91. The Balaban J connectivity index is 2.27. The van der Waals surface area contributed by atoms with Gasteiger partial charge in [0.1, 0.15) is 11.6 Å². The average molecular weight is 373 g/mol. The molecule has 0 saturated heterocycles. The van der Waals surface area contributed by atoms with Crippen LogP contribution in [0.3, 0.4) is 0 Å². The minimum atomic E-state index is 0.508. The van der Waals surface area contributed by atoms with Gasteiger partial charge in [-0.05, 0) is 53.7 Å². The van der Waals surface area contributed by atoms with Crippen molar-refractivity contribution in [3.63, 3.8) is 0 Å². The molecule has 0 aromatic carbocycles. The minimum Gasteiger partial charge on any atom is -0.383 e. The van der Waals surface area contributed by atoms with Crippen molar-refractivity contribution in [3.8, 4) is 0 Å². The Kier molecular flexibility index (Phi) is 5.03. The number of hydrogen-bond donors (Lipinski definition) is 1. The van der Waals surface area contributed by atoms with Crippen molar-refractivity contribution in [1.29, 1.82) is 0 Å². The Hall–Kier alpha value is -0.390. The summed E-state index contributed by atoms with van der Waals surface area (Å²) < 4.78 is 1.04. The fourth-order valence-corrected chi connectivity index (χ4v) is 3.37. The molecule has 106 valence electrons. The van der Waals surface area contributed by atoms with E-state index in [9.17, 15) is 0 Å². The van der Waals surface area contributed by atoms with Gasteiger partial charge in [0.2, 0.25) is 0 Å². The van der Waals surface area contributed by atoms with E-state index < -0.39 is 0 Å². The highest BCUT2D eigenvalue weighted by molar-refractivity contribution is 14.1. The SMILES string of the molecule is CC(C)Cc1nc(C2CCCC(C)C2)nc(N)c1I. The van der Waals surface area contributed by atoms with Crippen LogP contribution in [0.25, 0.3) is 0 Å². The van der Waals surface area contributed by atoms with Crippen molar-refractivity contribution < 1.29 is 0 Å². The van der Waals surface area contributed by atoms with Gasteiger partial charge in [-0.15, -0.1) is 0 Å². The second-order valence-corrected chi connectivity index (χ2v) is 7.37. The Bertz CT molecular complexity index is 445. The van der Waals surface area contributed by atoms with Crippen LogP contribution in [0.5, 0.6) is 0 Å². The molecule has 0 aliphatic heterocycles. The molecule has 1 saturated carbocycles. The summed E-state index contributed by atoms with van der Waals surface area (Å²) in [5.41, 5.74) is 7.22. The zero-order chi connectivity index (χ0) is 14.0. The van der Waals surface area contributed by atoms with Crippen molar-refractivity contribution >= 4 is 28.4 Å². The summed E-state index contributed by atoms with van der Waals surface area (Å²) in [4.78, 5) is 9.39. The number of anilines is 1. The lowest BCUT2D eigenvalue weighted by molar-refractivity contribution is 0.334. The number of aromatic nitrogens is 2. The van der Waals surface area contributed by atoms with Gasteiger partial charge in [-0.3, -0.25) is 0 Å². The molecule has 2 unspecified atom stereocenters. The Morgan fingerprint density at radius 2 is 2.05 bits per heavy atom. The van der Waals surface area contributed by atoms with Crippen molar-refractivity contribution in [2.75, 3.05) is 5.73 Å². The average Bonchev–Trinajstić information content (AvgIpc) is 2.34. The second-order valence-electron chi connectivity index (χ2n) is 6.29. The van der Waals surface area contributed by atoms with Crippen molar-refractivity contribution in [3.05, 3.63) is 15.1 Å². The Morgan fingerprint density at radius 3 is 2.68 bits per heavy atom. The third kappa shape index (κ3) is 3.80. The van der Waals surface area contributed by atoms with Crippen LogP contribution in [0, 0.1) is 15.4 Å². The molecule has 2 rings (SSSR count). The highest BCUT2D eigenvalue weighted by atomic mass is 127. The summed E-state index contributed by atoms with van der Waals surface area (Å²) in [6, 6.07) is 0. The van der Waals surface area contributed by atoms with Gasteiger partial charge in [-0.2, -0.15) is 0 Å². The van der Waals surface area contributed by atoms with Gasteiger partial charge < -0.3 is 5.73 Å². The largest absolute Gasteiger partial charge is 0.383 e. The maximum Gasteiger partial charge on any atom is 0.140 e. The molecule has 0 radical (unpaired) electrons. The lowest BCUT2D eigenvalue weighted by Crippen LogP contribution is -2.17. The molecule has 2 atom stereocenters. The predicted octanol–water partition coefficient (Wildman–Crippen LogP) is 4.16. The van der Waals surface area contributed by atoms with E-state index in [-0.39, 0.29) is 0 Å². The topological polar surface area (TPSA) is 51.8 Å². The van der Waals surface area contributed by atoms with E-state index in [1.807, 2.05) is 0 Å². The molecule has 0 spiro atoms. The quantitative estimate of drug-likeness (QED) is 0.810. The molecule has 0 amide bonds. The van der Waals surface area contributed by atoms with E-state index in [0.717, 1.165) is 27.4 Å². The minimum absolute atomic E-state index is 0.508. The Labute approximate surface area is 129 Å². The summed E-state index contributed by atoms with van der Waals surface area (Å²) in [6.07, 6.45) is 6.04. The van der Waals surface area contributed by atoms with E-state index in [2.05, 4.69) is 48.3 Å². The van der Waals surface area contributed by atoms with Crippen molar-refractivity contribution in [1.82, 2.24) is 9.97 Å². The Morgan fingerprint density at radius 1 is 1.32 bits per heavy atom. The van der Waals surface area contributed by atoms with Crippen LogP contribution in [0.2, 0.25) is 0 Å². The molecule has 1 fully saturated rings. The summed E-state index contributed by atoms with van der Waals surface area (Å²) in [5, 5.41) is 0. The molecular weight excluding hydrogens is 349 g/mol. The van der Waals surface area contributed by atoms with Crippen LogP contribution >= 0.6 is 22.6 Å². The summed E-state index contributed by atoms with van der Waals surface area (Å²) >= 11 is 2.28. The third-order valence-electron chi connectivity index (χ3n) is 3.87. The van der Waals surface area contributed by atoms with Crippen LogP contribution in [0.4, 0.5) is 5.82 Å². The predicted molar refractivity (Wildman–Crippen MR) is 88.1 cm³/mol. The number of halogens is 1. The highest BCUT2D eigenvalue weighted by Crippen LogP contribution is 2.35. The maximum atomic E-state index is 6.08. The first-order valence-corrected chi connectivity index (χ1v) is 8.37. The van der Waals surface area contributed by atoms with Crippen LogP contribution in [-0.2, 0) is 6.42 Å². The van der Waals surface area contributed by atoms with Gasteiger partial charge in [-0.25, -0.2) is 9.97 Å². The zero-order valence-electron chi connectivity index (χ0n) is 12.1. The lowest BCUT2D eigenvalue weighted by Gasteiger charge is -2.26. The van der Waals surface area contributed by atoms with E-state index in [1.165, 1.54) is 25.7 Å². The van der Waals surface area contributed by atoms with Crippen molar-refractivity contribution in [2.24, 2.45) is 11.8 Å². The second kappa shape index (κ2) is 6.37. The van der Waals surface area contributed by atoms with Crippen molar-refractivity contribution in [2.45, 2.75) is 58.8 Å². The molecule has 19 heavy (non-hydrogen) atoms. The lowest BCUT2D eigenvalue weighted by atomic mass is 9.82. The number of hydrogen-bond acceptors (Lipinski definition) is 3. The molecule has 1 aromatic heterocycles. The molecule has 2 N–H and O–H groups in total. The maximum absolute atomic E-state index is 6.08. The molecule has 1 aliphatic rings. The first-order valence-electron chi connectivity index (χ1n) is 7.29. The standard InChI is InChI=1S/C15H24IN3/c1-9(2)7-12-13(16)14(17)19-15(18-12)11-6-4-5-10(3)8-11/h9-11H,4-8H2,1-3H3,(H2,17,18,19). The van der Waals surface area contributed by atoms with Gasteiger partial charge in [0.25, 0.3) is 0 Å². The summed E-state index contributed by atoms with van der Waals surface area (Å²) in [6.45, 7) is 6.77. The number of nitrogens with two attached hydrogens (primary N) is 1. The van der Waals surface area contributed by atoms with Crippen LogP contribution in [-0.4, -0.2) is 9.97 Å². The molecule has 0 bridgehead atoms. The first-order chi connectivity index (χ1) is 8.97. The normalized spacial score (nSPS) is 23.8. The van der Waals surface area contributed by atoms with E-state index >= 15 is 0 Å². The van der Waals surface area contributed by atoms with Crippen LogP contribution in [0.1, 0.15) is 63.9 Å². The monoisotopic (exact) mass is 373 g/mol. The number of rotatable bonds is 3. The number of nitrogen functional groups attached to an aromatic ring is 1. The summed E-state index contributed by atoms with van der Waals surface area (Å²) in [7, 11) is 0. The number of nitrogens with zero attached hydrogens (tertiary/aromatic N) is 2. The summed E-state index contributed by atoms with van der Waals surface area (Å²) in [5.74, 6) is 3.55. The van der Waals surface area contributed by atoms with Gasteiger partial charge in [0.15, 0.2) is 0 Å². The van der Waals surface area contributed by atoms with Gasteiger partial charge in [-0.1, -0.05) is 33.6 Å². The van der Waals surface area contributed by atoms with Crippen LogP contribution in [0.15, 0.2) is 0 Å². The molecule has 3 nitrogen and oxygen atoms in total. The highest BCUT2D eigenvalue weighted by Gasteiger charge is 2.24. The van der Waals surface area contributed by atoms with E-state index in [1.54, 1.807) is 0 Å². The smallest absolute Gasteiger partial charge is 0.140 e. The van der Waals surface area contributed by atoms with E-state index in [0.29, 0.717) is 17.7 Å². The van der Waals surface area contributed by atoms with Gasteiger partial charge >= 0.3 is 0 Å². The van der Waals surface area contributed by atoms with Gasteiger partial charge in [0, 0.05) is 5.92 Å².